The second-order valence-electron chi connectivity index (χ2n) is 7.26. The lowest BCUT2D eigenvalue weighted by atomic mass is 10.1. The quantitative estimate of drug-likeness (QED) is 0.231. The molecule has 0 spiro atoms. The lowest BCUT2D eigenvalue weighted by molar-refractivity contribution is -0.384. The molecule has 2 N–H and O–H groups in total. The zero-order valence-corrected chi connectivity index (χ0v) is 19.2. The van der Waals surface area contributed by atoms with E-state index in [0.717, 1.165) is 10.0 Å². The highest BCUT2D eigenvalue weighted by Crippen LogP contribution is 2.20. The Kier molecular flexibility index (Phi) is 5.92. The molecule has 0 unspecified atom stereocenters. The molecule has 2 aromatic carbocycles. The van der Waals surface area contributed by atoms with Crippen molar-refractivity contribution in [3.05, 3.63) is 95.1 Å². The molecule has 4 aromatic rings. The number of hydrogen-bond acceptors (Lipinski definition) is 7. The van der Waals surface area contributed by atoms with E-state index in [1.54, 1.807) is 23.6 Å². The molecule has 0 aliphatic rings. The summed E-state index contributed by atoms with van der Waals surface area (Å²) in [4.78, 5) is 42.0. The predicted molar refractivity (Wildman–Crippen MR) is 128 cm³/mol. The van der Waals surface area contributed by atoms with E-state index in [1.165, 1.54) is 23.7 Å². The van der Waals surface area contributed by atoms with Crippen LogP contribution in [0.4, 0.5) is 11.6 Å². The van der Waals surface area contributed by atoms with Gasteiger partial charge in [0.1, 0.15) is 0 Å². The first-order valence-corrected chi connectivity index (χ1v) is 10.5. The van der Waals surface area contributed by atoms with Gasteiger partial charge in [-0.15, -0.1) is 0 Å². The Balaban J connectivity index is 1.80. The number of nitro groups is 1. The first-order chi connectivity index (χ1) is 15.7. The summed E-state index contributed by atoms with van der Waals surface area (Å²) in [5, 5.41) is 15.4. The van der Waals surface area contributed by atoms with Crippen LogP contribution in [0.15, 0.2) is 67.7 Å². The Labute approximate surface area is 194 Å². The number of halogens is 1. The number of hydrogen-bond donors (Lipinski definition) is 2. The van der Waals surface area contributed by atoms with Crippen molar-refractivity contribution in [2.75, 3.05) is 5.43 Å². The molecule has 0 saturated carbocycles. The van der Waals surface area contributed by atoms with Crippen LogP contribution < -0.4 is 16.7 Å². The Hall–Kier alpha value is -4.06. The zero-order valence-electron chi connectivity index (χ0n) is 17.6. The van der Waals surface area contributed by atoms with Gasteiger partial charge in [0.25, 0.3) is 11.2 Å². The number of aromatic nitrogens is 4. The Morgan fingerprint density at radius 3 is 2.73 bits per heavy atom. The molecular formula is C21H18BrN7O4. The topological polar surface area (TPSA) is 140 Å². The number of aryl methyl sites for hydroxylation is 1. The van der Waals surface area contributed by atoms with Gasteiger partial charge >= 0.3 is 5.69 Å². The van der Waals surface area contributed by atoms with Crippen molar-refractivity contribution < 1.29 is 4.92 Å². The van der Waals surface area contributed by atoms with Crippen LogP contribution in [-0.4, -0.2) is 29.7 Å². The number of nitro benzene ring substituents is 1. The van der Waals surface area contributed by atoms with E-state index in [-0.39, 0.29) is 29.3 Å². The van der Waals surface area contributed by atoms with E-state index in [1.807, 2.05) is 24.3 Å². The van der Waals surface area contributed by atoms with Crippen molar-refractivity contribution in [2.24, 2.45) is 12.1 Å². The number of fused-ring (bicyclic) bond motifs is 1. The van der Waals surface area contributed by atoms with E-state index in [4.69, 9.17) is 0 Å². The van der Waals surface area contributed by atoms with Crippen molar-refractivity contribution in [3.8, 4) is 0 Å². The highest BCUT2D eigenvalue weighted by atomic mass is 79.9. The number of anilines is 1. The molecule has 0 aliphatic heterocycles. The molecular weight excluding hydrogens is 494 g/mol. The van der Waals surface area contributed by atoms with Crippen molar-refractivity contribution >= 4 is 44.4 Å². The maximum Gasteiger partial charge on any atom is 0.329 e. The van der Waals surface area contributed by atoms with Crippen LogP contribution in [-0.2, 0) is 13.6 Å². The number of rotatable bonds is 6. The van der Waals surface area contributed by atoms with Gasteiger partial charge in [0, 0.05) is 29.2 Å². The molecule has 2 heterocycles. The molecule has 12 heteroatoms. The summed E-state index contributed by atoms with van der Waals surface area (Å²) in [5.41, 5.74) is 3.98. The third-order valence-electron chi connectivity index (χ3n) is 5.04. The van der Waals surface area contributed by atoms with E-state index in [2.05, 4.69) is 36.4 Å². The third-order valence-corrected chi connectivity index (χ3v) is 5.53. The molecule has 0 bridgehead atoms. The fraction of sp³-hybridized carbons (Fsp3) is 0.143. The van der Waals surface area contributed by atoms with Crippen molar-refractivity contribution in [3.63, 3.8) is 0 Å². The summed E-state index contributed by atoms with van der Waals surface area (Å²) in [6.07, 6.45) is 0. The molecule has 4 rings (SSSR count). The normalized spacial score (nSPS) is 11.7. The molecule has 168 valence electrons. The highest BCUT2D eigenvalue weighted by Gasteiger charge is 2.18. The second-order valence-corrected chi connectivity index (χ2v) is 8.17. The molecule has 11 nitrogen and oxygen atoms in total. The van der Waals surface area contributed by atoms with E-state index in [9.17, 15) is 19.7 Å². The third kappa shape index (κ3) is 4.46. The van der Waals surface area contributed by atoms with Gasteiger partial charge in [-0.3, -0.25) is 29.0 Å². The number of nitrogens with one attached hydrogen (secondary N) is 2. The first-order valence-electron chi connectivity index (χ1n) is 9.73. The van der Waals surface area contributed by atoms with Crippen LogP contribution in [0, 0.1) is 10.1 Å². The summed E-state index contributed by atoms with van der Waals surface area (Å²) in [6.45, 7) is 1.97. The predicted octanol–water partition coefficient (Wildman–Crippen LogP) is 2.98. The smallest absolute Gasteiger partial charge is 0.298 e. The number of H-pyrrole nitrogens is 1. The minimum atomic E-state index is -0.581. The van der Waals surface area contributed by atoms with Gasteiger partial charge in [0.05, 0.1) is 17.2 Å². The number of nitrogens with zero attached hydrogens (tertiary/aromatic N) is 5. The lowest BCUT2D eigenvalue weighted by Gasteiger charge is -2.09. The SMILES string of the molecule is CC(=NNc1nc2c(c(=O)[nH]c(=O)n2C)n1Cc1cccc(Br)c1)c1cccc([N+](=O)[O-])c1. The minimum Gasteiger partial charge on any atom is -0.298 e. The largest absolute Gasteiger partial charge is 0.329 e. The fourth-order valence-electron chi connectivity index (χ4n) is 3.33. The van der Waals surface area contributed by atoms with Crippen molar-refractivity contribution in [1.82, 2.24) is 19.1 Å². The number of hydrazone groups is 1. The van der Waals surface area contributed by atoms with Crippen LogP contribution in [0.25, 0.3) is 11.2 Å². The first kappa shape index (κ1) is 22.1. The summed E-state index contributed by atoms with van der Waals surface area (Å²) in [5.74, 6) is 0.237. The Morgan fingerprint density at radius 1 is 1.24 bits per heavy atom. The molecule has 0 amide bonds. The standard InChI is InChI=1S/C21H18BrN7O4/c1-12(14-6-4-8-16(10-14)29(32)33)25-26-20-23-18-17(19(30)24-21(31)27(18)2)28(20)11-13-5-3-7-15(22)9-13/h3-10H,11H2,1-2H3,(H,23,26)(H,24,30,31). The maximum atomic E-state index is 12.6. The monoisotopic (exact) mass is 511 g/mol. The number of non-ortho nitro benzene ring substituents is 1. The molecule has 0 atom stereocenters. The van der Waals surface area contributed by atoms with Gasteiger partial charge in [-0.2, -0.15) is 10.1 Å². The molecule has 0 aliphatic carbocycles. The van der Waals surface area contributed by atoms with Crippen LogP contribution >= 0.6 is 15.9 Å². The maximum absolute atomic E-state index is 12.6. The van der Waals surface area contributed by atoms with Crippen LogP contribution in [0.5, 0.6) is 0 Å². The summed E-state index contributed by atoms with van der Waals surface area (Å²) in [7, 11) is 1.51. The minimum absolute atomic E-state index is 0.0505. The zero-order chi connectivity index (χ0) is 23.7. The van der Waals surface area contributed by atoms with E-state index < -0.39 is 16.2 Å². The van der Waals surface area contributed by atoms with Gasteiger partial charge in [0.2, 0.25) is 5.95 Å². The van der Waals surface area contributed by atoms with Crippen molar-refractivity contribution in [2.45, 2.75) is 13.5 Å². The van der Waals surface area contributed by atoms with Gasteiger partial charge in [-0.05, 0) is 24.6 Å². The number of imidazole rings is 1. The molecule has 33 heavy (non-hydrogen) atoms. The fourth-order valence-corrected chi connectivity index (χ4v) is 3.78. The van der Waals surface area contributed by atoms with Crippen LogP contribution in [0.2, 0.25) is 0 Å². The highest BCUT2D eigenvalue weighted by molar-refractivity contribution is 9.10. The number of benzene rings is 2. The second kappa shape index (κ2) is 8.82. The summed E-state index contributed by atoms with van der Waals surface area (Å²) < 4.78 is 3.75. The van der Waals surface area contributed by atoms with Gasteiger partial charge < -0.3 is 0 Å². The molecule has 0 fully saturated rings. The van der Waals surface area contributed by atoms with Crippen LogP contribution in [0.3, 0.4) is 0 Å². The molecule has 0 radical (unpaired) electrons. The molecule has 2 aromatic heterocycles. The van der Waals surface area contributed by atoms with Crippen LogP contribution in [0.1, 0.15) is 18.1 Å². The Morgan fingerprint density at radius 2 is 2.00 bits per heavy atom. The summed E-state index contributed by atoms with van der Waals surface area (Å²) in [6, 6.07) is 13.6. The lowest BCUT2D eigenvalue weighted by Crippen LogP contribution is -2.29. The van der Waals surface area contributed by atoms with Gasteiger partial charge in [-0.25, -0.2) is 10.2 Å². The average molecular weight is 512 g/mol. The van der Waals surface area contributed by atoms with Crippen molar-refractivity contribution in [1.29, 1.82) is 0 Å². The number of aromatic amines is 1. The molecule has 0 saturated heterocycles. The van der Waals surface area contributed by atoms with Gasteiger partial charge in [0.15, 0.2) is 11.2 Å². The Bertz CT molecular complexity index is 1530. The van der Waals surface area contributed by atoms with E-state index in [0.29, 0.717) is 11.3 Å². The van der Waals surface area contributed by atoms with E-state index >= 15 is 0 Å². The van der Waals surface area contributed by atoms with Gasteiger partial charge in [-0.1, -0.05) is 40.2 Å². The summed E-state index contributed by atoms with van der Waals surface area (Å²) >= 11 is 3.44. The average Bonchev–Trinajstić information content (AvgIpc) is 3.14.